The van der Waals surface area contributed by atoms with Crippen molar-refractivity contribution in [3.63, 3.8) is 0 Å². The highest BCUT2D eigenvalue weighted by molar-refractivity contribution is 6.08. The first-order valence-corrected chi connectivity index (χ1v) is 9.56. The van der Waals surface area contributed by atoms with Gasteiger partial charge in [-0.1, -0.05) is 17.7 Å². The molecule has 0 saturated carbocycles. The second-order valence-corrected chi connectivity index (χ2v) is 7.57. The molecule has 1 unspecified atom stereocenters. The number of rotatable bonds is 3. The summed E-state index contributed by atoms with van der Waals surface area (Å²) in [5, 5.41) is 0. The first kappa shape index (κ1) is 17.1. The Kier molecular flexibility index (Phi) is 4.45. The lowest BCUT2D eigenvalue weighted by atomic mass is 9.88. The Morgan fingerprint density at radius 2 is 2.00 bits per heavy atom. The van der Waals surface area contributed by atoms with Gasteiger partial charge in [0.25, 0.3) is 5.91 Å². The number of ether oxygens (including phenoxy) is 1. The van der Waals surface area contributed by atoms with E-state index in [2.05, 4.69) is 37.1 Å². The third-order valence-electron chi connectivity index (χ3n) is 5.70. The lowest BCUT2D eigenvalue weighted by Gasteiger charge is -2.34. The van der Waals surface area contributed by atoms with Crippen LogP contribution >= 0.6 is 0 Å². The number of hydrogen-bond donors (Lipinski definition) is 1. The van der Waals surface area contributed by atoms with Crippen molar-refractivity contribution in [3.8, 4) is 5.75 Å². The van der Waals surface area contributed by atoms with Crippen LogP contribution in [-0.2, 0) is 0 Å². The number of carbonyl (C=O) groups is 1. The van der Waals surface area contributed by atoms with Crippen molar-refractivity contribution < 1.29 is 14.4 Å². The minimum absolute atomic E-state index is 0.102. The molecule has 1 saturated heterocycles. The molecular weight excluding hydrogens is 324 g/mol. The van der Waals surface area contributed by atoms with Crippen LogP contribution in [0.4, 0.5) is 5.69 Å². The predicted molar refractivity (Wildman–Crippen MR) is 103 cm³/mol. The fraction of sp³-hybridized carbons (Fsp3) is 0.409. The van der Waals surface area contributed by atoms with E-state index in [1.807, 2.05) is 31.2 Å². The van der Waals surface area contributed by atoms with Crippen molar-refractivity contribution in [2.24, 2.45) is 0 Å². The molecule has 2 aliphatic rings. The maximum absolute atomic E-state index is 13.4. The van der Waals surface area contributed by atoms with E-state index < -0.39 is 0 Å². The van der Waals surface area contributed by atoms with Crippen molar-refractivity contribution in [1.29, 1.82) is 0 Å². The zero-order chi connectivity index (χ0) is 18.3. The molecule has 2 heterocycles. The highest BCUT2D eigenvalue weighted by Crippen LogP contribution is 2.43. The Morgan fingerprint density at radius 3 is 2.73 bits per heavy atom. The molecule has 0 aliphatic carbocycles. The summed E-state index contributed by atoms with van der Waals surface area (Å²) in [6, 6.07) is 14.3. The lowest BCUT2D eigenvalue weighted by Crippen LogP contribution is -3.11. The van der Waals surface area contributed by atoms with Gasteiger partial charge < -0.3 is 14.5 Å². The van der Waals surface area contributed by atoms with E-state index in [-0.39, 0.29) is 11.9 Å². The van der Waals surface area contributed by atoms with Gasteiger partial charge in [0.15, 0.2) is 0 Å². The molecule has 0 aromatic heterocycles. The largest absolute Gasteiger partial charge is 0.494 e. The van der Waals surface area contributed by atoms with Gasteiger partial charge in [-0.3, -0.25) is 4.79 Å². The summed E-state index contributed by atoms with van der Waals surface area (Å²) in [4.78, 5) is 17.0. The monoisotopic (exact) mass is 351 g/mol. The smallest absolute Gasteiger partial charge is 0.258 e. The summed E-state index contributed by atoms with van der Waals surface area (Å²) in [6.07, 6.45) is 1.05. The van der Waals surface area contributed by atoms with E-state index in [1.54, 1.807) is 4.90 Å². The van der Waals surface area contributed by atoms with Gasteiger partial charge >= 0.3 is 0 Å². The molecule has 2 aromatic carbocycles. The molecule has 0 spiro atoms. The molecule has 1 N–H and O–H groups in total. The number of likely N-dealkylation sites (N-methyl/N-ethyl adjacent to an activating group) is 1. The topological polar surface area (TPSA) is 34.0 Å². The summed E-state index contributed by atoms with van der Waals surface area (Å²) in [5.74, 6) is 1.35. The van der Waals surface area contributed by atoms with E-state index in [0.29, 0.717) is 12.5 Å². The number of benzene rings is 2. The minimum atomic E-state index is 0.102. The number of piperidine rings is 1. The first-order chi connectivity index (χ1) is 12.6. The Morgan fingerprint density at radius 1 is 1.23 bits per heavy atom. The maximum Gasteiger partial charge on any atom is 0.258 e. The number of nitrogens with zero attached hydrogens (tertiary/aromatic N) is 1. The molecule has 2 aromatic rings. The van der Waals surface area contributed by atoms with Gasteiger partial charge in [0, 0.05) is 17.7 Å². The zero-order valence-electron chi connectivity index (χ0n) is 15.8. The van der Waals surface area contributed by atoms with Crippen LogP contribution in [0.3, 0.4) is 0 Å². The molecule has 0 radical (unpaired) electrons. The molecular formula is C22H27N2O2+. The third kappa shape index (κ3) is 2.88. The fourth-order valence-electron chi connectivity index (χ4n) is 4.46. The number of hydrogen-bond acceptors (Lipinski definition) is 2. The van der Waals surface area contributed by atoms with Crippen LogP contribution in [0, 0.1) is 6.92 Å². The van der Waals surface area contributed by atoms with E-state index in [4.69, 9.17) is 4.74 Å². The summed E-state index contributed by atoms with van der Waals surface area (Å²) >= 11 is 0. The number of anilines is 1. The summed E-state index contributed by atoms with van der Waals surface area (Å²) in [5.41, 5.74) is 4.43. The van der Waals surface area contributed by atoms with Crippen LogP contribution in [0.1, 0.15) is 40.7 Å². The van der Waals surface area contributed by atoms with Gasteiger partial charge in [-0.15, -0.1) is 0 Å². The van der Waals surface area contributed by atoms with Gasteiger partial charge in [-0.05, 0) is 49.7 Å². The number of carbonyl (C=O) groups excluding carboxylic acids is 1. The fourth-order valence-corrected chi connectivity index (χ4v) is 4.46. The normalized spacial score (nSPS) is 24.1. The number of nitrogens with one attached hydrogen (secondary N) is 1. The summed E-state index contributed by atoms with van der Waals surface area (Å²) in [6.45, 7) is 6.93. The van der Waals surface area contributed by atoms with Gasteiger partial charge in [0.1, 0.15) is 5.75 Å². The molecule has 3 atom stereocenters. The average molecular weight is 351 g/mol. The standard InChI is InChI=1S/C22H26N2O2/c1-4-26-17-8-6-16(7-9-17)22(25)24-20-10-5-15(2)13-18(20)19-14-23(3)12-11-21(19)24/h5-10,13,19,21H,4,11-12,14H2,1-3H3/p+1/t19-,21+/m1/s1. The summed E-state index contributed by atoms with van der Waals surface area (Å²) in [7, 11) is 2.25. The zero-order valence-corrected chi connectivity index (χ0v) is 15.8. The van der Waals surface area contributed by atoms with Crippen molar-refractivity contribution in [2.75, 3.05) is 31.6 Å². The van der Waals surface area contributed by atoms with E-state index in [9.17, 15) is 4.79 Å². The molecule has 1 fully saturated rings. The van der Waals surface area contributed by atoms with Gasteiger partial charge in [-0.25, -0.2) is 0 Å². The molecule has 4 rings (SSSR count). The van der Waals surface area contributed by atoms with Gasteiger partial charge in [0.05, 0.1) is 38.7 Å². The predicted octanol–water partition coefficient (Wildman–Crippen LogP) is 2.42. The number of likely N-dealkylation sites (tertiary alicyclic amines) is 1. The third-order valence-corrected chi connectivity index (χ3v) is 5.70. The SMILES string of the molecule is CCOc1ccc(C(=O)N2c3ccc(C)cc3[C@H]3C[NH+](C)CC[C@@H]32)cc1. The van der Waals surface area contributed by atoms with Crippen molar-refractivity contribution in [1.82, 2.24) is 0 Å². The Balaban J connectivity index is 1.70. The van der Waals surface area contributed by atoms with Gasteiger partial charge in [0.2, 0.25) is 0 Å². The molecule has 1 amide bonds. The summed E-state index contributed by atoms with van der Waals surface area (Å²) < 4.78 is 5.51. The first-order valence-electron chi connectivity index (χ1n) is 9.56. The Hall–Kier alpha value is -2.33. The number of fused-ring (bicyclic) bond motifs is 3. The molecule has 4 nitrogen and oxygen atoms in total. The highest BCUT2D eigenvalue weighted by atomic mass is 16.5. The highest BCUT2D eigenvalue weighted by Gasteiger charge is 2.45. The van der Waals surface area contributed by atoms with Crippen molar-refractivity contribution in [3.05, 3.63) is 59.2 Å². The molecule has 136 valence electrons. The van der Waals surface area contributed by atoms with E-state index >= 15 is 0 Å². The molecule has 0 bridgehead atoms. The van der Waals surface area contributed by atoms with Crippen LogP contribution in [0.5, 0.6) is 5.75 Å². The second kappa shape index (κ2) is 6.76. The second-order valence-electron chi connectivity index (χ2n) is 7.57. The van der Waals surface area contributed by atoms with Crippen LogP contribution in [-0.4, -0.2) is 38.7 Å². The number of amides is 1. The van der Waals surface area contributed by atoms with Crippen LogP contribution in [0.2, 0.25) is 0 Å². The van der Waals surface area contributed by atoms with E-state index in [1.165, 1.54) is 11.1 Å². The molecule has 4 heteroatoms. The molecule has 2 aliphatic heterocycles. The van der Waals surface area contributed by atoms with E-state index in [0.717, 1.165) is 36.5 Å². The van der Waals surface area contributed by atoms with Crippen molar-refractivity contribution in [2.45, 2.75) is 32.2 Å². The molecule has 26 heavy (non-hydrogen) atoms. The average Bonchev–Trinajstić information content (AvgIpc) is 2.95. The van der Waals surface area contributed by atoms with Crippen LogP contribution in [0.15, 0.2) is 42.5 Å². The quantitative estimate of drug-likeness (QED) is 0.922. The van der Waals surface area contributed by atoms with Crippen LogP contribution in [0.25, 0.3) is 0 Å². The van der Waals surface area contributed by atoms with Crippen LogP contribution < -0.4 is 14.5 Å². The Bertz CT molecular complexity index is 815. The lowest BCUT2D eigenvalue weighted by molar-refractivity contribution is -0.886. The number of quaternary nitrogens is 1. The Labute approximate surface area is 155 Å². The number of aryl methyl sites for hydroxylation is 1. The van der Waals surface area contributed by atoms with Gasteiger partial charge in [-0.2, -0.15) is 0 Å². The minimum Gasteiger partial charge on any atom is -0.494 e. The maximum atomic E-state index is 13.4. The van der Waals surface area contributed by atoms with Crippen molar-refractivity contribution >= 4 is 11.6 Å².